The second kappa shape index (κ2) is 10.1. The van der Waals surface area contributed by atoms with Crippen LogP contribution in [-0.2, 0) is 4.79 Å². The number of methoxy groups -OCH3 is 3. The van der Waals surface area contributed by atoms with Gasteiger partial charge in [-0.2, -0.15) is 0 Å². The van der Waals surface area contributed by atoms with Crippen LogP contribution in [-0.4, -0.2) is 49.4 Å². The molecule has 1 saturated heterocycles. The van der Waals surface area contributed by atoms with Crippen LogP contribution in [0.5, 0.6) is 17.2 Å². The number of carbonyl (C=O) groups is 1. The van der Waals surface area contributed by atoms with Gasteiger partial charge in [0.25, 0.3) is 0 Å². The minimum Gasteiger partial charge on any atom is -0.493 e. The van der Waals surface area contributed by atoms with E-state index in [1.54, 1.807) is 44.6 Å². The summed E-state index contributed by atoms with van der Waals surface area (Å²) in [5, 5.41) is 11.4. The average molecular weight is 470 g/mol. The first kappa shape index (κ1) is 24.1. The number of benzene rings is 2. The highest BCUT2D eigenvalue weighted by Gasteiger charge is 2.49. The molecule has 3 atom stereocenters. The van der Waals surface area contributed by atoms with Crippen molar-refractivity contribution in [1.82, 2.24) is 4.90 Å². The van der Waals surface area contributed by atoms with Crippen molar-refractivity contribution in [2.45, 2.75) is 43.7 Å². The highest BCUT2D eigenvalue weighted by molar-refractivity contribution is 5.92. The van der Waals surface area contributed by atoms with E-state index in [9.17, 15) is 14.3 Å². The number of rotatable bonds is 6. The van der Waals surface area contributed by atoms with Crippen LogP contribution in [0, 0.1) is 11.7 Å². The fourth-order valence-electron chi connectivity index (χ4n) is 5.46. The van der Waals surface area contributed by atoms with Gasteiger partial charge in [-0.3, -0.25) is 4.79 Å². The summed E-state index contributed by atoms with van der Waals surface area (Å²) in [6.07, 6.45) is 7.35. The van der Waals surface area contributed by atoms with Gasteiger partial charge in [0.2, 0.25) is 11.7 Å². The minimum atomic E-state index is -0.797. The Kier molecular flexibility index (Phi) is 7.12. The van der Waals surface area contributed by atoms with E-state index in [1.165, 1.54) is 25.3 Å². The Morgan fingerprint density at radius 2 is 1.74 bits per heavy atom. The molecule has 7 heteroatoms. The number of hydrogen-bond donors (Lipinski definition) is 1. The van der Waals surface area contributed by atoms with Crippen LogP contribution in [0.1, 0.15) is 49.3 Å². The smallest absolute Gasteiger partial charge is 0.247 e. The molecule has 1 N–H and O–H groups in total. The molecule has 0 radical (unpaired) electrons. The van der Waals surface area contributed by atoms with Crippen LogP contribution in [0.3, 0.4) is 0 Å². The van der Waals surface area contributed by atoms with E-state index in [2.05, 4.69) is 0 Å². The molecule has 1 amide bonds. The zero-order chi connectivity index (χ0) is 24.3. The summed E-state index contributed by atoms with van der Waals surface area (Å²) in [6, 6.07) is 9.53. The van der Waals surface area contributed by atoms with E-state index in [1.807, 2.05) is 4.90 Å². The Morgan fingerprint density at radius 1 is 1.06 bits per heavy atom. The van der Waals surface area contributed by atoms with E-state index in [0.29, 0.717) is 30.2 Å². The third kappa shape index (κ3) is 4.62. The lowest BCUT2D eigenvalue weighted by atomic mass is 9.66. The topological polar surface area (TPSA) is 68.2 Å². The molecule has 2 aromatic rings. The summed E-state index contributed by atoms with van der Waals surface area (Å²) in [6.45, 7) is 0.438. The first-order chi connectivity index (χ1) is 16.4. The lowest BCUT2D eigenvalue weighted by molar-refractivity contribution is -0.150. The number of nitrogens with zero attached hydrogens (tertiary/aromatic N) is 1. The Morgan fingerprint density at radius 3 is 2.35 bits per heavy atom. The monoisotopic (exact) mass is 469 g/mol. The fraction of sp³-hybridized carbons (Fsp3) is 0.444. The number of halogens is 1. The van der Waals surface area contributed by atoms with Crippen molar-refractivity contribution in [3.8, 4) is 17.2 Å². The lowest BCUT2D eigenvalue weighted by Gasteiger charge is -2.52. The van der Waals surface area contributed by atoms with Crippen molar-refractivity contribution in [3.63, 3.8) is 0 Å². The molecule has 1 heterocycles. The number of ether oxygens (including phenoxy) is 3. The number of carbonyl (C=O) groups excluding carboxylic acids is 1. The number of aliphatic hydroxyl groups is 1. The van der Waals surface area contributed by atoms with Gasteiger partial charge in [-0.1, -0.05) is 25.0 Å². The summed E-state index contributed by atoms with van der Waals surface area (Å²) in [5.74, 6) is 0.928. The van der Waals surface area contributed by atoms with Crippen molar-refractivity contribution in [2.75, 3.05) is 27.9 Å². The standard InChI is InChI=1S/C27H32FNO5/c1-32-22-16-18(17-23(33-2)26(22)34-3)7-12-24(30)29-15-14-27(31)13-5-4-6-21(27)25(29)19-8-10-20(28)11-9-19/h7-12,16-17,21,25,31H,4-6,13-15H2,1-3H3/b12-7+/t21-,25-,27-/m1/s1. The third-order valence-electron chi connectivity index (χ3n) is 7.17. The van der Waals surface area contributed by atoms with Crippen LogP contribution >= 0.6 is 0 Å². The maximum atomic E-state index is 13.6. The van der Waals surface area contributed by atoms with Gasteiger partial charge in [-0.05, 0) is 60.7 Å². The van der Waals surface area contributed by atoms with E-state index >= 15 is 0 Å². The molecule has 2 aromatic carbocycles. The van der Waals surface area contributed by atoms with Crippen molar-refractivity contribution >= 4 is 12.0 Å². The van der Waals surface area contributed by atoms with Crippen LogP contribution in [0.4, 0.5) is 4.39 Å². The molecular formula is C27H32FNO5. The average Bonchev–Trinajstić information content (AvgIpc) is 2.86. The SMILES string of the molecule is COc1cc(/C=C/C(=O)N2CC[C@]3(O)CCCC[C@@H]3[C@H]2c2ccc(F)cc2)cc(OC)c1OC. The summed E-state index contributed by atoms with van der Waals surface area (Å²) in [5.41, 5.74) is 0.780. The summed E-state index contributed by atoms with van der Waals surface area (Å²) in [4.78, 5) is 15.2. The molecule has 1 aliphatic carbocycles. The molecule has 2 aliphatic rings. The summed E-state index contributed by atoms with van der Waals surface area (Å²) >= 11 is 0. The van der Waals surface area contributed by atoms with Crippen molar-refractivity contribution in [1.29, 1.82) is 0 Å². The Hall–Kier alpha value is -3.06. The maximum absolute atomic E-state index is 13.6. The zero-order valence-corrected chi connectivity index (χ0v) is 19.9. The summed E-state index contributed by atoms with van der Waals surface area (Å²) < 4.78 is 29.8. The second-order valence-electron chi connectivity index (χ2n) is 9.03. The molecule has 1 aliphatic heterocycles. The Bertz CT molecular complexity index is 1030. The number of hydrogen-bond acceptors (Lipinski definition) is 5. The minimum absolute atomic E-state index is 0.0843. The maximum Gasteiger partial charge on any atom is 0.247 e. The van der Waals surface area contributed by atoms with Gasteiger partial charge in [0.05, 0.1) is 33.0 Å². The van der Waals surface area contributed by atoms with Crippen LogP contribution < -0.4 is 14.2 Å². The molecule has 1 saturated carbocycles. The molecule has 182 valence electrons. The van der Waals surface area contributed by atoms with Gasteiger partial charge in [-0.15, -0.1) is 0 Å². The predicted molar refractivity (Wildman–Crippen MR) is 128 cm³/mol. The molecule has 4 rings (SSSR count). The number of fused-ring (bicyclic) bond motifs is 1. The van der Waals surface area contributed by atoms with E-state index in [-0.39, 0.29) is 23.7 Å². The summed E-state index contributed by atoms with van der Waals surface area (Å²) in [7, 11) is 4.63. The van der Waals surface area contributed by atoms with Crippen LogP contribution in [0.15, 0.2) is 42.5 Å². The molecule has 0 unspecified atom stereocenters. The largest absolute Gasteiger partial charge is 0.493 e. The van der Waals surface area contributed by atoms with Crippen molar-refractivity contribution < 1.29 is 28.5 Å². The Balaban J connectivity index is 1.65. The molecule has 2 fully saturated rings. The van der Waals surface area contributed by atoms with Crippen LogP contribution in [0.25, 0.3) is 6.08 Å². The lowest BCUT2D eigenvalue weighted by Crippen LogP contribution is -2.56. The molecule has 6 nitrogen and oxygen atoms in total. The van der Waals surface area contributed by atoms with Gasteiger partial charge < -0.3 is 24.2 Å². The van der Waals surface area contributed by atoms with Gasteiger partial charge in [0.1, 0.15) is 5.82 Å². The van der Waals surface area contributed by atoms with Gasteiger partial charge in [0, 0.05) is 18.5 Å². The molecule has 34 heavy (non-hydrogen) atoms. The highest BCUT2D eigenvalue weighted by Crippen LogP contribution is 2.49. The normalized spacial score (nSPS) is 24.6. The van der Waals surface area contributed by atoms with Crippen LogP contribution in [0.2, 0.25) is 0 Å². The number of amides is 1. The van der Waals surface area contributed by atoms with E-state index < -0.39 is 5.60 Å². The van der Waals surface area contributed by atoms with Crippen molar-refractivity contribution in [2.24, 2.45) is 5.92 Å². The molecule has 0 aromatic heterocycles. The first-order valence-corrected chi connectivity index (χ1v) is 11.7. The highest BCUT2D eigenvalue weighted by atomic mass is 19.1. The first-order valence-electron chi connectivity index (χ1n) is 11.7. The number of piperidine rings is 1. The van der Waals surface area contributed by atoms with E-state index in [4.69, 9.17) is 14.2 Å². The van der Waals surface area contributed by atoms with Crippen molar-refractivity contribution in [3.05, 3.63) is 59.4 Å². The van der Waals surface area contributed by atoms with Gasteiger partial charge in [-0.25, -0.2) is 4.39 Å². The second-order valence-corrected chi connectivity index (χ2v) is 9.03. The fourth-order valence-corrected chi connectivity index (χ4v) is 5.46. The molecule has 0 bridgehead atoms. The van der Waals surface area contributed by atoms with Gasteiger partial charge >= 0.3 is 0 Å². The molecular weight excluding hydrogens is 437 g/mol. The van der Waals surface area contributed by atoms with Gasteiger partial charge in [0.15, 0.2) is 11.5 Å². The quantitative estimate of drug-likeness (QED) is 0.618. The molecule has 0 spiro atoms. The zero-order valence-electron chi connectivity index (χ0n) is 19.9. The Labute approximate surface area is 199 Å². The van der Waals surface area contributed by atoms with E-state index in [0.717, 1.165) is 36.8 Å². The third-order valence-corrected chi connectivity index (χ3v) is 7.17. The number of likely N-dealkylation sites (tertiary alicyclic amines) is 1. The predicted octanol–water partition coefficient (Wildman–Crippen LogP) is 4.76.